The van der Waals surface area contributed by atoms with Gasteiger partial charge in [0.25, 0.3) is 5.69 Å². The van der Waals surface area contributed by atoms with Crippen molar-refractivity contribution in [3.05, 3.63) is 64.2 Å². The smallest absolute Gasteiger partial charge is 0.363 e. The van der Waals surface area contributed by atoms with Crippen molar-refractivity contribution in [2.45, 2.75) is 19.7 Å². The molecule has 0 spiro atoms. The second-order valence-corrected chi connectivity index (χ2v) is 7.23. The molecule has 0 bridgehead atoms. The summed E-state index contributed by atoms with van der Waals surface area (Å²) in [5.74, 6) is -1.16. The van der Waals surface area contributed by atoms with Gasteiger partial charge < -0.3 is 18.9 Å². The van der Waals surface area contributed by atoms with Gasteiger partial charge in [0, 0.05) is 17.7 Å². The number of aliphatic hydroxyl groups excluding tert-OH is 1. The van der Waals surface area contributed by atoms with E-state index in [0.29, 0.717) is 5.75 Å². The first kappa shape index (κ1) is 20.1. The summed E-state index contributed by atoms with van der Waals surface area (Å²) >= 11 is 0. The van der Waals surface area contributed by atoms with Crippen molar-refractivity contribution in [2.75, 3.05) is 13.2 Å². The van der Waals surface area contributed by atoms with Gasteiger partial charge in [-0.3, -0.25) is 14.7 Å². The molecular weight excluding hydrogens is 361 g/mol. The molecule has 8 nitrogen and oxygen atoms in total. The lowest BCUT2D eigenvalue weighted by Gasteiger charge is -2.24. The summed E-state index contributed by atoms with van der Waals surface area (Å²) < 4.78 is 28.9. The second kappa shape index (κ2) is 8.91. The number of nitro benzene ring substituents is 1. The van der Waals surface area contributed by atoms with Crippen LogP contribution in [-0.2, 0) is 13.6 Å². The summed E-state index contributed by atoms with van der Waals surface area (Å²) in [5, 5.41) is 21.7. The van der Waals surface area contributed by atoms with Crippen LogP contribution in [0.4, 0.5) is 5.69 Å². The zero-order valence-electron chi connectivity index (χ0n) is 14.4. The van der Waals surface area contributed by atoms with Crippen LogP contribution in [0.15, 0.2) is 48.5 Å². The number of hydrogen-bond donors (Lipinski definition) is 1. The van der Waals surface area contributed by atoms with Gasteiger partial charge in [0.15, 0.2) is 5.85 Å². The van der Waals surface area contributed by atoms with Crippen molar-refractivity contribution in [3.8, 4) is 11.5 Å². The number of aliphatic hydroxyl groups is 1. The Morgan fingerprint density at radius 2 is 1.73 bits per heavy atom. The number of rotatable bonds is 9. The molecule has 0 aliphatic rings. The predicted octanol–water partition coefficient (Wildman–Crippen LogP) is 4.64. The van der Waals surface area contributed by atoms with E-state index in [1.54, 1.807) is 44.2 Å². The molecule has 2 aromatic carbocycles. The molecule has 0 aliphatic heterocycles. The molecule has 0 heterocycles. The van der Waals surface area contributed by atoms with Crippen molar-refractivity contribution in [1.82, 2.24) is 0 Å². The summed E-state index contributed by atoms with van der Waals surface area (Å²) in [6, 6.07) is 12.4. The van der Waals surface area contributed by atoms with Gasteiger partial charge in [-0.15, -0.1) is 0 Å². The highest BCUT2D eigenvalue weighted by Crippen LogP contribution is 2.61. The van der Waals surface area contributed by atoms with E-state index in [4.69, 9.17) is 13.8 Å². The highest BCUT2D eigenvalue weighted by atomic mass is 31.2. The molecule has 26 heavy (non-hydrogen) atoms. The molecule has 0 aromatic heterocycles. The van der Waals surface area contributed by atoms with E-state index >= 15 is 0 Å². The van der Waals surface area contributed by atoms with Crippen molar-refractivity contribution in [1.29, 1.82) is 0 Å². The average molecular weight is 381 g/mol. The van der Waals surface area contributed by atoms with Gasteiger partial charge in [0.1, 0.15) is 11.5 Å². The highest BCUT2D eigenvalue weighted by molar-refractivity contribution is 7.54. The quantitative estimate of drug-likeness (QED) is 0.383. The lowest BCUT2D eigenvalue weighted by Crippen LogP contribution is -2.08. The second-order valence-electron chi connectivity index (χ2n) is 5.14. The number of ether oxygens (including phenoxy) is 1. The zero-order valence-corrected chi connectivity index (χ0v) is 15.3. The number of hydrogen-bond acceptors (Lipinski definition) is 7. The largest absolute Gasteiger partial charge is 0.457 e. The van der Waals surface area contributed by atoms with Crippen LogP contribution < -0.4 is 4.74 Å². The van der Waals surface area contributed by atoms with E-state index in [1.165, 1.54) is 12.1 Å². The fraction of sp³-hybridized carbons (Fsp3) is 0.294. The van der Waals surface area contributed by atoms with Crippen molar-refractivity contribution < 1.29 is 28.4 Å². The van der Waals surface area contributed by atoms with Gasteiger partial charge in [0.05, 0.1) is 18.1 Å². The first-order valence-electron chi connectivity index (χ1n) is 7.99. The lowest BCUT2D eigenvalue weighted by molar-refractivity contribution is -0.385. The van der Waals surface area contributed by atoms with Crippen LogP contribution in [0.3, 0.4) is 0 Å². The zero-order chi connectivity index (χ0) is 19.2. The van der Waals surface area contributed by atoms with Gasteiger partial charge in [-0.25, -0.2) is 0 Å². The summed E-state index contributed by atoms with van der Waals surface area (Å²) in [6.45, 7) is 3.29. The predicted molar refractivity (Wildman–Crippen MR) is 95.4 cm³/mol. The minimum atomic E-state index is -3.96. The third-order valence-corrected chi connectivity index (χ3v) is 5.48. The number of non-ortho nitro benzene ring substituents is 1. The molecule has 0 saturated heterocycles. The van der Waals surface area contributed by atoms with Crippen molar-refractivity contribution in [3.63, 3.8) is 0 Å². The molecule has 2 rings (SSSR count). The van der Waals surface area contributed by atoms with Crippen LogP contribution in [-0.4, -0.2) is 23.2 Å². The molecular formula is C17H20NO7P. The molecule has 1 unspecified atom stereocenters. The van der Waals surface area contributed by atoms with Crippen molar-refractivity contribution >= 4 is 13.3 Å². The molecule has 0 saturated carbocycles. The molecule has 0 amide bonds. The minimum absolute atomic E-state index is 0.0398. The average Bonchev–Trinajstić information content (AvgIpc) is 2.62. The summed E-state index contributed by atoms with van der Waals surface area (Å²) in [7, 11) is -3.96. The normalized spacial score (nSPS) is 12.6. The summed E-state index contributed by atoms with van der Waals surface area (Å²) in [6.07, 6.45) is 0. The lowest BCUT2D eigenvalue weighted by atomic mass is 10.2. The number of nitro groups is 1. The Morgan fingerprint density at radius 1 is 1.12 bits per heavy atom. The Labute approximate surface area is 151 Å². The molecule has 0 aliphatic carbocycles. The molecule has 0 radical (unpaired) electrons. The van der Waals surface area contributed by atoms with Crippen LogP contribution in [0, 0.1) is 10.1 Å². The first-order chi connectivity index (χ1) is 12.4. The van der Waals surface area contributed by atoms with E-state index < -0.39 is 18.4 Å². The SMILES string of the molecule is CCOP(=O)(OCC)C(O)c1cc([N+](=O)[O-])ccc1Oc1ccccc1. The molecule has 1 N–H and O–H groups in total. The fourth-order valence-corrected chi connectivity index (χ4v) is 3.89. The van der Waals surface area contributed by atoms with Gasteiger partial charge >= 0.3 is 7.60 Å². The number of para-hydroxylation sites is 1. The number of benzene rings is 2. The molecule has 1 atom stereocenters. The first-order valence-corrected chi connectivity index (χ1v) is 9.60. The molecule has 9 heteroatoms. The maximum Gasteiger partial charge on any atom is 0.363 e. The van der Waals surface area contributed by atoms with Crippen LogP contribution in [0.1, 0.15) is 25.3 Å². The molecule has 140 valence electrons. The minimum Gasteiger partial charge on any atom is -0.457 e. The maximum absolute atomic E-state index is 12.9. The molecule has 0 fully saturated rings. The number of nitrogens with zero attached hydrogens (tertiary/aromatic N) is 1. The van der Waals surface area contributed by atoms with Crippen LogP contribution in [0.5, 0.6) is 11.5 Å². The Kier molecular flexibility index (Phi) is 6.88. The summed E-state index contributed by atoms with van der Waals surface area (Å²) in [4.78, 5) is 10.5. The van der Waals surface area contributed by atoms with E-state index in [1.807, 2.05) is 0 Å². The standard InChI is InChI=1S/C17H20NO7P/c1-3-23-26(22,24-4-2)17(19)15-12-13(18(20)21)10-11-16(15)25-14-8-6-5-7-9-14/h5-12,17,19H,3-4H2,1-2H3. The van der Waals surface area contributed by atoms with Crippen molar-refractivity contribution in [2.24, 2.45) is 0 Å². The van der Waals surface area contributed by atoms with Gasteiger partial charge in [-0.2, -0.15) is 0 Å². The van der Waals surface area contributed by atoms with Crippen LogP contribution in [0.2, 0.25) is 0 Å². The fourth-order valence-electron chi connectivity index (χ4n) is 2.27. The van der Waals surface area contributed by atoms with Crippen LogP contribution in [0.25, 0.3) is 0 Å². The van der Waals surface area contributed by atoms with E-state index in [0.717, 1.165) is 6.07 Å². The van der Waals surface area contributed by atoms with Crippen LogP contribution >= 0.6 is 7.60 Å². The maximum atomic E-state index is 12.9. The van der Waals surface area contributed by atoms with Gasteiger partial charge in [0.2, 0.25) is 0 Å². The van der Waals surface area contributed by atoms with E-state index in [2.05, 4.69) is 0 Å². The van der Waals surface area contributed by atoms with Gasteiger partial charge in [-0.05, 0) is 32.0 Å². The Morgan fingerprint density at radius 3 is 2.27 bits per heavy atom. The third-order valence-electron chi connectivity index (χ3n) is 3.37. The monoisotopic (exact) mass is 381 g/mol. The summed E-state index contributed by atoms with van der Waals surface area (Å²) in [5.41, 5.74) is -0.327. The van der Waals surface area contributed by atoms with E-state index in [9.17, 15) is 19.8 Å². The third kappa shape index (κ3) is 4.68. The Balaban J connectivity index is 2.50. The Hall–Kier alpha value is -2.25. The van der Waals surface area contributed by atoms with Gasteiger partial charge in [-0.1, -0.05) is 18.2 Å². The Bertz CT molecular complexity index is 787. The topological polar surface area (TPSA) is 108 Å². The highest BCUT2D eigenvalue weighted by Gasteiger charge is 2.38. The molecule has 2 aromatic rings. The van der Waals surface area contributed by atoms with E-state index in [-0.39, 0.29) is 30.2 Å².